The maximum Gasteiger partial charge on any atom is 0.272 e. The van der Waals surface area contributed by atoms with Gasteiger partial charge in [-0.05, 0) is 26.7 Å². The van der Waals surface area contributed by atoms with Crippen LogP contribution >= 0.6 is 0 Å². The van der Waals surface area contributed by atoms with E-state index in [2.05, 4.69) is 15.3 Å². The first kappa shape index (κ1) is 14.8. The highest BCUT2D eigenvalue weighted by atomic mass is 16.2. The summed E-state index contributed by atoms with van der Waals surface area (Å²) in [5.74, 6) is 0.742. The van der Waals surface area contributed by atoms with Gasteiger partial charge in [-0.3, -0.25) is 4.79 Å². The summed E-state index contributed by atoms with van der Waals surface area (Å²) >= 11 is 0. The zero-order valence-electron chi connectivity index (χ0n) is 12.4. The molecule has 1 amide bonds. The summed E-state index contributed by atoms with van der Waals surface area (Å²) in [4.78, 5) is 22.4. The van der Waals surface area contributed by atoms with Gasteiger partial charge in [-0.2, -0.15) is 0 Å². The molecule has 0 aliphatic heterocycles. The second-order valence-electron chi connectivity index (χ2n) is 5.25. The smallest absolute Gasteiger partial charge is 0.272 e. The number of carbonyl (C=O) groups is 1. The molecule has 110 valence electrons. The monoisotopic (exact) mass is 276 g/mol. The number of carbonyl (C=O) groups excluding carboxylic acids is 1. The average Bonchev–Trinajstić information content (AvgIpc) is 2.49. The Morgan fingerprint density at radius 2 is 1.95 bits per heavy atom. The minimum atomic E-state index is -0.0240. The van der Waals surface area contributed by atoms with Crippen LogP contribution in [-0.2, 0) is 0 Å². The van der Waals surface area contributed by atoms with Gasteiger partial charge in [0.2, 0.25) is 0 Å². The largest absolute Gasteiger partial charge is 0.367 e. The summed E-state index contributed by atoms with van der Waals surface area (Å²) in [6.45, 7) is 5.35. The SMILES string of the molecule is CCN(CC)C(=O)c1cc(NC2CCCCC2)ncn1. The maximum atomic E-state index is 12.3. The van der Waals surface area contributed by atoms with Gasteiger partial charge < -0.3 is 10.2 Å². The Morgan fingerprint density at radius 1 is 1.25 bits per heavy atom. The van der Waals surface area contributed by atoms with E-state index in [0.717, 1.165) is 5.82 Å². The molecular formula is C15H24N4O. The molecule has 5 nitrogen and oxygen atoms in total. The molecule has 1 aliphatic carbocycles. The molecule has 0 spiro atoms. The maximum absolute atomic E-state index is 12.3. The van der Waals surface area contributed by atoms with Gasteiger partial charge in [0, 0.05) is 25.2 Å². The standard InChI is InChI=1S/C15H24N4O/c1-3-19(4-2)15(20)13-10-14(17-11-16-13)18-12-8-6-5-7-9-12/h10-12H,3-9H2,1-2H3,(H,16,17,18). The molecule has 1 fully saturated rings. The van der Waals surface area contributed by atoms with E-state index in [4.69, 9.17) is 0 Å². The molecule has 1 aromatic heterocycles. The molecule has 1 aromatic rings. The van der Waals surface area contributed by atoms with E-state index in [9.17, 15) is 4.79 Å². The molecule has 20 heavy (non-hydrogen) atoms. The number of hydrogen-bond donors (Lipinski definition) is 1. The Bertz CT molecular complexity index is 439. The Labute approximate surface area is 120 Å². The van der Waals surface area contributed by atoms with Crippen molar-refractivity contribution in [3.8, 4) is 0 Å². The van der Waals surface area contributed by atoms with Gasteiger partial charge in [0.05, 0.1) is 0 Å². The van der Waals surface area contributed by atoms with Crippen LogP contribution in [0.25, 0.3) is 0 Å². The number of nitrogens with one attached hydrogen (secondary N) is 1. The molecule has 1 heterocycles. The molecule has 0 atom stereocenters. The fourth-order valence-electron chi connectivity index (χ4n) is 2.68. The number of amides is 1. The van der Waals surface area contributed by atoms with Gasteiger partial charge >= 0.3 is 0 Å². The molecular weight excluding hydrogens is 252 g/mol. The predicted octanol–water partition coefficient (Wildman–Crippen LogP) is 2.70. The highest BCUT2D eigenvalue weighted by Gasteiger charge is 2.17. The molecule has 0 unspecified atom stereocenters. The van der Waals surface area contributed by atoms with Crippen LogP contribution in [0.1, 0.15) is 56.4 Å². The third-order valence-corrected chi connectivity index (χ3v) is 3.89. The van der Waals surface area contributed by atoms with Gasteiger partial charge in [-0.1, -0.05) is 19.3 Å². The first-order valence-electron chi connectivity index (χ1n) is 7.62. The lowest BCUT2D eigenvalue weighted by Crippen LogP contribution is -2.31. The normalized spacial score (nSPS) is 15.9. The van der Waals surface area contributed by atoms with Crippen molar-refractivity contribution in [3.63, 3.8) is 0 Å². The van der Waals surface area contributed by atoms with Gasteiger partial charge in [-0.25, -0.2) is 9.97 Å². The summed E-state index contributed by atoms with van der Waals surface area (Å²) in [7, 11) is 0. The fourth-order valence-corrected chi connectivity index (χ4v) is 2.68. The molecule has 0 bridgehead atoms. The van der Waals surface area contributed by atoms with Crippen molar-refractivity contribution < 1.29 is 4.79 Å². The third-order valence-electron chi connectivity index (χ3n) is 3.89. The van der Waals surface area contributed by atoms with E-state index in [1.165, 1.54) is 38.4 Å². The summed E-state index contributed by atoms with van der Waals surface area (Å²) in [6.07, 6.45) is 7.71. The van der Waals surface area contributed by atoms with Gasteiger partial charge in [0.25, 0.3) is 5.91 Å². The zero-order chi connectivity index (χ0) is 14.4. The highest BCUT2D eigenvalue weighted by molar-refractivity contribution is 5.92. The minimum Gasteiger partial charge on any atom is -0.367 e. The Kier molecular flexibility index (Phi) is 5.32. The summed E-state index contributed by atoms with van der Waals surface area (Å²) in [5, 5.41) is 3.43. The zero-order valence-corrected chi connectivity index (χ0v) is 12.4. The second-order valence-corrected chi connectivity index (χ2v) is 5.25. The van der Waals surface area contributed by atoms with Gasteiger partial charge in [0.15, 0.2) is 0 Å². The van der Waals surface area contributed by atoms with Gasteiger partial charge in [0.1, 0.15) is 17.8 Å². The van der Waals surface area contributed by atoms with Crippen molar-refractivity contribution in [2.75, 3.05) is 18.4 Å². The van der Waals surface area contributed by atoms with E-state index in [1.54, 1.807) is 11.0 Å². The van der Waals surface area contributed by atoms with Crippen LogP contribution in [0, 0.1) is 0 Å². The van der Waals surface area contributed by atoms with Crippen LogP contribution in [0.3, 0.4) is 0 Å². The second kappa shape index (κ2) is 7.22. The summed E-state index contributed by atoms with van der Waals surface area (Å²) in [6, 6.07) is 2.25. The van der Waals surface area contributed by atoms with Crippen molar-refractivity contribution in [1.82, 2.24) is 14.9 Å². The topological polar surface area (TPSA) is 58.1 Å². The van der Waals surface area contributed by atoms with E-state index >= 15 is 0 Å². The summed E-state index contributed by atoms with van der Waals surface area (Å²) < 4.78 is 0. The molecule has 0 radical (unpaired) electrons. The fraction of sp³-hybridized carbons (Fsp3) is 0.667. The number of rotatable bonds is 5. The van der Waals surface area contributed by atoms with Crippen LogP contribution in [-0.4, -0.2) is 39.9 Å². The van der Waals surface area contributed by atoms with Crippen molar-refractivity contribution >= 4 is 11.7 Å². The molecule has 0 aromatic carbocycles. The molecule has 0 saturated heterocycles. The first-order valence-corrected chi connectivity index (χ1v) is 7.62. The van der Waals surface area contributed by atoms with Crippen molar-refractivity contribution in [2.45, 2.75) is 52.0 Å². The predicted molar refractivity (Wildman–Crippen MR) is 79.8 cm³/mol. The van der Waals surface area contributed by atoms with Crippen LogP contribution in [0.5, 0.6) is 0 Å². The number of nitrogens with zero attached hydrogens (tertiary/aromatic N) is 3. The average molecular weight is 276 g/mol. The van der Waals surface area contributed by atoms with Crippen molar-refractivity contribution in [1.29, 1.82) is 0 Å². The molecule has 1 saturated carbocycles. The number of hydrogen-bond acceptors (Lipinski definition) is 4. The van der Waals surface area contributed by atoms with Crippen LogP contribution < -0.4 is 5.32 Å². The highest BCUT2D eigenvalue weighted by Crippen LogP contribution is 2.20. The Balaban J connectivity index is 2.05. The molecule has 1 aliphatic rings. The minimum absolute atomic E-state index is 0.0240. The van der Waals surface area contributed by atoms with E-state index in [-0.39, 0.29) is 5.91 Å². The quantitative estimate of drug-likeness (QED) is 0.898. The Morgan fingerprint density at radius 3 is 2.60 bits per heavy atom. The van der Waals surface area contributed by atoms with Crippen molar-refractivity contribution in [2.24, 2.45) is 0 Å². The lowest BCUT2D eigenvalue weighted by atomic mass is 9.95. The molecule has 2 rings (SSSR count). The van der Waals surface area contributed by atoms with Crippen LogP contribution in [0.4, 0.5) is 5.82 Å². The number of anilines is 1. The van der Waals surface area contributed by atoms with Crippen molar-refractivity contribution in [3.05, 3.63) is 18.1 Å². The lowest BCUT2D eigenvalue weighted by molar-refractivity contribution is 0.0767. The van der Waals surface area contributed by atoms with Crippen LogP contribution in [0.15, 0.2) is 12.4 Å². The van der Waals surface area contributed by atoms with Gasteiger partial charge in [-0.15, -0.1) is 0 Å². The first-order chi connectivity index (χ1) is 9.74. The summed E-state index contributed by atoms with van der Waals surface area (Å²) in [5.41, 5.74) is 0.474. The van der Waals surface area contributed by atoms with E-state index < -0.39 is 0 Å². The third kappa shape index (κ3) is 3.68. The van der Waals surface area contributed by atoms with E-state index in [0.29, 0.717) is 24.8 Å². The van der Waals surface area contributed by atoms with E-state index in [1.807, 2.05) is 13.8 Å². The Hall–Kier alpha value is -1.65. The molecule has 5 heteroatoms. The van der Waals surface area contributed by atoms with Crippen LogP contribution in [0.2, 0.25) is 0 Å². The lowest BCUT2D eigenvalue weighted by Gasteiger charge is -2.23. The number of aromatic nitrogens is 2. The molecule has 1 N–H and O–H groups in total.